The molecule has 1 heterocycles. The first kappa shape index (κ1) is 15.3. The van der Waals surface area contributed by atoms with Crippen molar-refractivity contribution in [3.8, 4) is 0 Å². The van der Waals surface area contributed by atoms with Crippen LogP contribution in [0, 0.1) is 0 Å². The summed E-state index contributed by atoms with van der Waals surface area (Å²) in [5, 5.41) is 9.67. The van der Waals surface area contributed by atoms with E-state index >= 15 is 0 Å². The maximum atomic E-state index is 12.4. The molecule has 0 amide bonds. The second-order valence-electron chi connectivity index (χ2n) is 5.06. The zero-order valence-electron chi connectivity index (χ0n) is 11.6. The van der Waals surface area contributed by atoms with Crippen molar-refractivity contribution >= 4 is 17.6 Å². The van der Waals surface area contributed by atoms with Gasteiger partial charge in [0.2, 0.25) is 0 Å². The summed E-state index contributed by atoms with van der Waals surface area (Å²) in [6.07, 6.45) is 6.37. The van der Waals surface area contributed by atoms with Crippen LogP contribution in [0.4, 0.5) is 0 Å². The monoisotopic (exact) mass is 310 g/mol. The minimum Gasteiger partial charge on any atom is -0.477 e. The Hall–Kier alpha value is -2.08. The average molecular weight is 311 g/mol. The molecule has 2 rings (SSSR count). The first-order valence-electron chi connectivity index (χ1n) is 6.47. The zero-order chi connectivity index (χ0) is 15.7. The number of carboxylic acids is 1. The Morgan fingerprint density at radius 3 is 2.57 bits per heavy atom. The molecular formula is C14H15ClN2O4. The van der Waals surface area contributed by atoms with E-state index in [0.717, 1.165) is 10.8 Å². The Balaban J connectivity index is 2.70. The number of aromatic nitrogens is 2. The van der Waals surface area contributed by atoms with Gasteiger partial charge in [-0.05, 0) is 26.3 Å². The molecule has 0 saturated heterocycles. The highest BCUT2D eigenvalue weighted by Crippen LogP contribution is 2.21. The van der Waals surface area contributed by atoms with E-state index in [2.05, 4.69) is 0 Å². The van der Waals surface area contributed by atoms with Crippen molar-refractivity contribution in [3.63, 3.8) is 0 Å². The van der Waals surface area contributed by atoms with Crippen molar-refractivity contribution in [1.82, 2.24) is 9.13 Å². The van der Waals surface area contributed by atoms with Crippen LogP contribution in [-0.2, 0) is 0 Å². The molecule has 0 aromatic carbocycles. The molecule has 6 nitrogen and oxygen atoms in total. The summed E-state index contributed by atoms with van der Waals surface area (Å²) in [4.78, 5) is 35.9. The molecule has 1 N–H and O–H groups in total. The van der Waals surface area contributed by atoms with Crippen molar-refractivity contribution in [2.45, 2.75) is 32.4 Å². The molecule has 1 aromatic heterocycles. The van der Waals surface area contributed by atoms with Crippen molar-refractivity contribution in [2.24, 2.45) is 0 Å². The molecule has 1 unspecified atom stereocenters. The van der Waals surface area contributed by atoms with Gasteiger partial charge in [-0.3, -0.25) is 13.9 Å². The maximum Gasteiger partial charge on any atom is 0.342 e. The number of hydrogen-bond acceptors (Lipinski definition) is 3. The van der Waals surface area contributed by atoms with Crippen LogP contribution in [0.15, 0.2) is 39.0 Å². The molecule has 0 bridgehead atoms. The summed E-state index contributed by atoms with van der Waals surface area (Å²) in [6, 6.07) is -0.786. The number of carboxylic acid groups (broad SMARTS) is 1. The van der Waals surface area contributed by atoms with Gasteiger partial charge in [-0.15, -0.1) is 0 Å². The average Bonchev–Trinajstić information content (AvgIpc) is 2.40. The summed E-state index contributed by atoms with van der Waals surface area (Å²) < 4.78 is 2.22. The Bertz CT molecular complexity index is 755. The lowest BCUT2D eigenvalue weighted by Crippen LogP contribution is -2.44. The highest BCUT2D eigenvalue weighted by atomic mass is 35.5. The van der Waals surface area contributed by atoms with Crippen LogP contribution < -0.4 is 11.2 Å². The largest absolute Gasteiger partial charge is 0.477 e. The molecule has 0 radical (unpaired) electrons. The fraction of sp³-hybridized carbons (Fsp3) is 0.357. The molecule has 0 spiro atoms. The lowest BCUT2D eigenvalue weighted by molar-refractivity contribution is 0.0692. The van der Waals surface area contributed by atoms with E-state index in [1.54, 1.807) is 32.1 Å². The number of allylic oxidation sites excluding steroid dienone is 4. The van der Waals surface area contributed by atoms with Gasteiger partial charge in [-0.1, -0.05) is 23.8 Å². The molecule has 0 saturated carbocycles. The quantitative estimate of drug-likeness (QED) is 0.924. The van der Waals surface area contributed by atoms with Gasteiger partial charge in [0, 0.05) is 17.3 Å². The Labute approximate surface area is 125 Å². The first-order chi connectivity index (χ1) is 9.82. The Morgan fingerprint density at radius 1 is 1.43 bits per heavy atom. The van der Waals surface area contributed by atoms with Gasteiger partial charge in [0.1, 0.15) is 5.56 Å². The first-order valence-corrected chi connectivity index (χ1v) is 6.85. The normalized spacial score (nSPS) is 17.9. The van der Waals surface area contributed by atoms with Crippen LogP contribution in [-0.4, -0.2) is 20.2 Å². The smallest absolute Gasteiger partial charge is 0.342 e. The standard InChI is InChI=1S/C14H15ClN2O4/c1-8(2)16-7-11(13(19)20)12(18)17(14(16)21)10-5-3-9(15)4-6-10/h3-5,7-8,10H,6H2,1-2H3,(H,19,20). The molecule has 1 aromatic rings. The summed E-state index contributed by atoms with van der Waals surface area (Å²) >= 11 is 5.82. The van der Waals surface area contributed by atoms with Gasteiger partial charge in [-0.2, -0.15) is 0 Å². The highest BCUT2D eigenvalue weighted by Gasteiger charge is 2.22. The topological polar surface area (TPSA) is 81.3 Å². The van der Waals surface area contributed by atoms with Crippen LogP contribution >= 0.6 is 11.6 Å². The van der Waals surface area contributed by atoms with Gasteiger partial charge in [0.25, 0.3) is 5.56 Å². The second-order valence-corrected chi connectivity index (χ2v) is 5.49. The molecule has 0 aliphatic heterocycles. The van der Waals surface area contributed by atoms with Gasteiger partial charge >= 0.3 is 11.7 Å². The van der Waals surface area contributed by atoms with Crippen LogP contribution in [0.2, 0.25) is 0 Å². The summed E-state index contributed by atoms with van der Waals surface area (Å²) in [5.74, 6) is -1.35. The third-order valence-corrected chi connectivity index (χ3v) is 3.57. The number of hydrogen-bond donors (Lipinski definition) is 1. The van der Waals surface area contributed by atoms with Crippen LogP contribution in [0.5, 0.6) is 0 Å². The lowest BCUT2D eigenvalue weighted by Gasteiger charge is -2.20. The predicted octanol–water partition coefficient (Wildman–Crippen LogP) is 1.91. The summed E-state index contributed by atoms with van der Waals surface area (Å²) in [7, 11) is 0. The van der Waals surface area contributed by atoms with E-state index in [-0.39, 0.29) is 6.04 Å². The van der Waals surface area contributed by atoms with Crippen molar-refractivity contribution in [2.75, 3.05) is 0 Å². The lowest BCUT2D eigenvalue weighted by atomic mass is 10.1. The van der Waals surface area contributed by atoms with Crippen molar-refractivity contribution < 1.29 is 9.90 Å². The second kappa shape index (κ2) is 5.73. The van der Waals surface area contributed by atoms with Gasteiger partial charge in [0.05, 0.1) is 6.04 Å². The van der Waals surface area contributed by atoms with E-state index in [1.165, 1.54) is 4.57 Å². The highest BCUT2D eigenvalue weighted by molar-refractivity contribution is 6.31. The number of nitrogens with zero attached hydrogens (tertiary/aromatic N) is 2. The molecule has 112 valence electrons. The molecular weight excluding hydrogens is 296 g/mol. The van der Waals surface area contributed by atoms with Crippen LogP contribution in [0.25, 0.3) is 0 Å². The van der Waals surface area contributed by atoms with E-state index in [9.17, 15) is 14.4 Å². The zero-order valence-corrected chi connectivity index (χ0v) is 12.4. The van der Waals surface area contributed by atoms with E-state index < -0.39 is 28.8 Å². The molecule has 0 fully saturated rings. The fourth-order valence-corrected chi connectivity index (χ4v) is 2.34. The summed E-state index contributed by atoms with van der Waals surface area (Å²) in [6.45, 7) is 3.49. The predicted molar refractivity (Wildman–Crippen MR) is 79.0 cm³/mol. The third kappa shape index (κ3) is 2.85. The number of aromatic carboxylic acids is 1. The Morgan fingerprint density at radius 2 is 2.10 bits per heavy atom. The number of rotatable bonds is 3. The minimum atomic E-state index is -1.35. The molecule has 1 aliphatic carbocycles. The van der Waals surface area contributed by atoms with E-state index in [1.807, 2.05) is 0 Å². The van der Waals surface area contributed by atoms with Crippen molar-refractivity contribution in [3.05, 3.63) is 55.9 Å². The maximum absolute atomic E-state index is 12.4. The molecule has 21 heavy (non-hydrogen) atoms. The Kier molecular flexibility index (Phi) is 4.18. The van der Waals surface area contributed by atoms with E-state index in [4.69, 9.17) is 16.7 Å². The van der Waals surface area contributed by atoms with Gasteiger partial charge in [0.15, 0.2) is 0 Å². The number of carbonyl (C=O) groups is 1. The van der Waals surface area contributed by atoms with Crippen LogP contribution in [0.1, 0.15) is 42.7 Å². The summed E-state index contributed by atoms with van der Waals surface area (Å²) in [5.41, 5.74) is -1.75. The molecule has 7 heteroatoms. The minimum absolute atomic E-state index is 0.255. The van der Waals surface area contributed by atoms with Gasteiger partial charge in [-0.25, -0.2) is 9.59 Å². The van der Waals surface area contributed by atoms with Crippen molar-refractivity contribution in [1.29, 1.82) is 0 Å². The molecule has 1 aliphatic rings. The van der Waals surface area contributed by atoms with E-state index in [0.29, 0.717) is 11.5 Å². The molecule has 1 atom stereocenters. The van der Waals surface area contributed by atoms with Gasteiger partial charge < -0.3 is 5.11 Å². The third-order valence-electron chi connectivity index (χ3n) is 3.29. The fourth-order valence-electron chi connectivity index (χ4n) is 2.17. The van der Waals surface area contributed by atoms with Crippen LogP contribution in [0.3, 0.4) is 0 Å². The number of halogens is 1. The SMILES string of the molecule is CC(C)n1cc(C(=O)O)c(=O)n(C2C=CC(Cl)=CC2)c1=O.